The Morgan fingerprint density at radius 3 is 1.36 bits per heavy atom. The van der Waals surface area contributed by atoms with Gasteiger partial charge in [-0.15, -0.1) is 0 Å². The molecule has 0 aliphatic heterocycles. The Morgan fingerprint density at radius 1 is 0.615 bits per heavy atom. The number of carboxylic acids is 2. The molecule has 0 fully saturated rings. The second-order valence-electron chi connectivity index (χ2n) is 9.14. The van der Waals surface area contributed by atoms with E-state index >= 15 is 0 Å². The number of nitrogens with one attached hydrogen (secondary N) is 5. The van der Waals surface area contributed by atoms with Crippen LogP contribution in [0.2, 0.25) is 0 Å². The number of hydrogen-bond acceptors (Lipinski definition) is 9. The first-order valence-corrected chi connectivity index (χ1v) is 12.5. The van der Waals surface area contributed by atoms with Crippen LogP contribution in [0.25, 0.3) is 0 Å². The third-order valence-corrected chi connectivity index (χ3v) is 5.58. The van der Waals surface area contributed by atoms with Gasteiger partial charge in [-0.2, -0.15) is 0 Å². The molecule has 0 aromatic carbocycles. The van der Waals surface area contributed by atoms with E-state index < -0.39 is 77.7 Å². The summed E-state index contributed by atoms with van der Waals surface area (Å²) in [4.78, 5) is 83.5. The van der Waals surface area contributed by atoms with Crippen LogP contribution in [0.3, 0.4) is 0 Å². The second kappa shape index (κ2) is 17.7. The normalized spacial score (nSPS) is 15.3. The van der Waals surface area contributed by atoms with E-state index in [0.717, 1.165) is 0 Å². The summed E-state index contributed by atoms with van der Waals surface area (Å²) in [5, 5.41) is 29.7. The molecular formula is C23H41N7O9. The zero-order valence-electron chi connectivity index (χ0n) is 22.6. The zero-order valence-corrected chi connectivity index (χ0v) is 22.6. The van der Waals surface area contributed by atoms with Crippen molar-refractivity contribution < 1.29 is 43.8 Å². The lowest BCUT2D eigenvalue weighted by atomic mass is 10.1. The van der Waals surface area contributed by atoms with E-state index in [-0.39, 0.29) is 19.3 Å². The van der Waals surface area contributed by atoms with Gasteiger partial charge in [0.1, 0.15) is 30.2 Å². The number of rotatable bonds is 18. The number of carbonyl (C=O) groups is 7. The van der Waals surface area contributed by atoms with Crippen LogP contribution in [0.15, 0.2) is 0 Å². The summed E-state index contributed by atoms with van der Waals surface area (Å²) < 4.78 is 0. The van der Waals surface area contributed by atoms with Crippen LogP contribution in [-0.4, -0.2) is 94.5 Å². The van der Waals surface area contributed by atoms with Crippen molar-refractivity contribution in [2.45, 2.75) is 96.1 Å². The summed E-state index contributed by atoms with van der Waals surface area (Å²) in [6, 6.07) is -6.69. The van der Waals surface area contributed by atoms with Crippen molar-refractivity contribution in [3.63, 3.8) is 0 Å². The summed E-state index contributed by atoms with van der Waals surface area (Å²) in [5.74, 6) is -5.97. The van der Waals surface area contributed by atoms with Crippen molar-refractivity contribution in [2.24, 2.45) is 11.5 Å². The Kier molecular flexibility index (Phi) is 16.0. The van der Waals surface area contributed by atoms with Gasteiger partial charge in [-0.3, -0.25) is 28.8 Å². The van der Waals surface area contributed by atoms with Crippen molar-refractivity contribution in [2.75, 3.05) is 6.54 Å². The Balaban J connectivity index is 4.73. The molecule has 6 atom stereocenters. The standard InChI is InChI=1S/C23H41N7O9/c1-11(27-20(35)13(3)29-22(37)15(25)8-9-17(31)32)18(33)26-12(2)19(34)28-14(4)21(36)30-16(23(38)39)7-5-6-10-24/h11-16H,5-10,24-25H2,1-4H3,(H,26,33)(H,27,35)(H,28,34)(H,29,37)(H,30,36)(H,31,32)(H,38,39)/t11-,12-,13-,14-,15-,16-/m0/s1. The molecule has 16 heteroatoms. The Labute approximate surface area is 226 Å². The van der Waals surface area contributed by atoms with Crippen molar-refractivity contribution in [1.29, 1.82) is 0 Å². The van der Waals surface area contributed by atoms with E-state index in [2.05, 4.69) is 26.6 Å². The Bertz CT molecular complexity index is 899. The average Bonchev–Trinajstić information content (AvgIpc) is 2.85. The highest BCUT2D eigenvalue weighted by Gasteiger charge is 2.27. The van der Waals surface area contributed by atoms with Crippen molar-refractivity contribution in [3.05, 3.63) is 0 Å². The van der Waals surface area contributed by atoms with Crippen molar-refractivity contribution >= 4 is 41.5 Å². The van der Waals surface area contributed by atoms with Crippen LogP contribution in [0.5, 0.6) is 0 Å². The van der Waals surface area contributed by atoms with Gasteiger partial charge >= 0.3 is 11.9 Å². The fourth-order valence-electron chi connectivity index (χ4n) is 3.05. The highest BCUT2D eigenvalue weighted by atomic mass is 16.4. The van der Waals surface area contributed by atoms with Gasteiger partial charge in [0.25, 0.3) is 0 Å². The summed E-state index contributed by atoms with van der Waals surface area (Å²) in [6.45, 7) is 5.78. The molecule has 11 N–H and O–H groups in total. The first-order chi connectivity index (χ1) is 18.1. The van der Waals surface area contributed by atoms with Gasteiger partial charge in [-0.25, -0.2) is 4.79 Å². The predicted molar refractivity (Wildman–Crippen MR) is 138 cm³/mol. The van der Waals surface area contributed by atoms with Crippen LogP contribution < -0.4 is 38.1 Å². The number of amides is 5. The molecule has 16 nitrogen and oxygen atoms in total. The third kappa shape index (κ3) is 14.1. The van der Waals surface area contributed by atoms with Crippen LogP contribution in [0.4, 0.5) is 0 Å². The van der Waals surface area contributed by atoms with Crippen LogP contribution in [0.1, 0.15) is 59.8 Å². The molecule has 0 saturated heterocycles. The number of hydrogen-bond donors (Lipinski definition) is 9. The maximum absolute atomic E-state index is 12.4. The molecule has 0 aromatic heterocycles. The molecule has 0 bridgehead atoms. The summed E-state index contributed by atoms with van der Waals surface area (Å²) in [5.41, 5.74) is 11.0. The molecule has 0 rings (SSSR count). The van der Waals surface area contributed by atoms with Gasteiger partial charge in [0, 0.05) is 6.42 Å². The van der Waals surface area contributed by atoms with Gasteiger partial charge < -0.3 is 48.3 Å². The topological polar surface area (TPSA) is 272 Å². The maximum atomic E-state index is 12.4. The first-order valence-electron chi connectivity index (χ1n) is 12.5. The minimum Gasteiger partial charge on any atom is -0.481 e. The highest BCUT2D eigenvalue weighted by Crippen LogP contribution is 2.02. The number of carboxylic acid groups (broad SMARTS) is 2. The van der Waals surface area contributed by atoms with Crippen LogP contribution in [0, 0.1) is 0 Å². The molecule has 0 heterocycles. The summed E-state index contributed by atoms with van der Waals surface area (Å²) in [7, 11) is 0. The monoisotopic (exact) mass is 559 g/mol. The molecular weight excluding hydrogens is 518 g/mol. The Hall–Kier alpha value is -3.79. The van der Waals surface area contributed by atoms with E-state index in [1.54, 1.807) is 0 Å². The molecule has 0 unspecified atom stereocenters. The summed E-state index contributed by atoms with van der Waals surface area (Å²) >= 11 is 0. The maximum Gasteiger partial charge on any atom is 0.326 e. The van der Waals surface area contributed by atoms with E-state index in [0.29, 0.717) is 19.4 Å². The molecule has 0 aliphatic carbocycles. The molecule has 39 heavy (non-hydrogen) atoms. The number of unbranched alkanes of at least 4 members (excludes halogenated alkanes) is 1. The molecule has 5 amide bonds. The van der Waals surface area contributed by atoms with Crippen molar-refractivity contribution in [1.82, 2.24) is 26.6 Å². The quantitative estimate of drug-likeness (QED) is 0.0758. The van der Waals surface area contributed by atoms with Gasteiger partial charge in [0.05, 0.1) is 6.04 Å². The fraction of sp³-hybridized carbons (Fsp3) is 0.696. The molecule has 0 radical (unpaired) electrons. The van der Waals surface area contributed by atoms with E-state index in [4.69, 9.17) is 16.6 Å². The molecule has 0 aromatic rings. The number of carbonyl (C=O) groups excluding carboxylic acids is 5. The molecule has 0 saturated carbocycles. The SMILES string of the molecule is C[C@H](NC(=O)[C@H](C)NC(=O)[C@H](C)NC(=O)[C@@H](N)CCC(=O)O)C(=O)N[C@@H](C)C(=O)N[C@@H](CCCCN)C(=O)O. The molecule has 0 aliphatic rings. The van der Waals surface area contributed by atoms with Crippen molar-refractivity contribution in [3.8, 4) is 0 Å². The molecule has 0 spiro atoms. The Morgan fingerprint density at radius 2 is 1.00 bits per heavy atom. The van der Waals surface area contributed by atoms with E-state index in [1.807, 2.05) is 0 Å². The minimum atomic E-state index is -1.22. The van der Waals surface area contributed by atoms with E-state index in [1.165, 1.54) is 27.7 Å². The van der Waals surface area contributed by atoms with Gasteiger partial charge in [0.15, 0.2) is 0 Å². The summed E-state index contributed by atoms with van der Waals surface area (Å²) in [6.07, 6.45) is 0.827. The second-order valence-corrected chi connectivity index (χ2v) is 9.14. The fourth-order valence-corrected chi connectivity index (χ4v) is 3.05. The largest absolute Gasteiger partial charge is 0.481 e. The zero-order chi connectivity index (χ0) is 30.3. The number of nitrogens with two attached hydrogens (primary N) is 2. The van der Waals surface area contributed by atoms with Gasteiger partial charge in [-0.05, 0) is 59.9 Å². The van der Waals surface area contributed by atoms with Gasteiger partial charge in [0.2, 0.25) is 29.5 Å². The lowest BCUT2D eigenvalue weighted by molar-refractivity contribution is -0.142. The average molecular weight is 560 g/mol. The van der Waals surface area contributed by atoms with Crippen LogP contribution >= 0.6 is 0 Å². The minimum absolute atomic E-state index is 0.122. The predicted octanol–water partition coefficient (Wildman–Crippen LogP) is -3.10. The number of aliphatic carboxylic acids is 2. The smallest absolute Gasteiger partial charge is 0.326 e. The van der Waals surface area contributed by atoms with Crippen LogP contribution in [-0.2, 0) is 33.6 Å². The highest BCUT2D eigenvalue weighted by molar-refractivity contribution is 5.95. The lowest BCUT2D eigenvalue weighted by Gasteiger charge is -2.22. The third-order valence-electron chi connectivity index (χ3n) is 5.58. The van der Waals surface area contributed by atoms with Gasteiger partial charge in [-0.1, -0.05) is 0 Å². The lowest BCUT2D eigenvalue weighted by Crippen LogP contribution is -2.57. The molecule has 222 valence electrons. The first kappa shape index (κ1) is 35.2. The van der Waals surface area contributed by atoms with E-state index in [9.17, 15) is 38.7 Å².